The van der Waals surface area contributed by atoms with Gasteiger partial charge in [-0.15, -0.1) is 0 Å². The minimum absolute atomic E-state index is 0.208. The van der Waals surface area contributed by atoms with Gasteiger partial charge in [-0.1, -0.05) is 55.0 Å². The van der Waals surface area contributed by atoms with Crippen molar-refractivity contribution in [3.63, 3.8) is 0 Å². The smallest absolute Gasteiger partial charge is 0.0952 e. The fourth-order valence-electron chi connectivity index (χ4n) is 4.43. The molecule has 4 rings (SSSR count). The quantitative estimate of drug-likeness (QED) is 0.599. The normalized spacial score (nSPS) is 20.8. The van der Waals surface area contributed by atoms with Crippen molar-refractivity contribution in [1.29, 1.82) is 0 Å². The Bertz CT molecular complexity index is 700. The minimum atomic E-state index is 0.208. The molecule has 2 atom stereocenters. The Labute approximate surface area is 175 Å². The first-order chi connectivity index (χ1) is 14.4. The summed E-state index contributed by atoms with van der Waals surface area (Å²) >= 11 is 0. The zero-order valence-electron chi connectivity index (χ0n) is 17.4. The van der Waals surface area contributed by atoms with Gasteiger partial charge >= 0.3 is 0 Å². The van der Waals surface area contributed by atoms with Crippen molar-refractivity contribution >= 4 is 0 Å². The number of fused-ring (bicyclic) bond motifs is 2. The van der Waals surface area contributed by atoms with Gasteiger partial charge < -0.3 is 20.1 Å². The van der Waals surface area contributed by atoms with Crippen LogP contribution in [-0.4, -0.2) is 39.4 Å². The van der Waals surface area contributed by atoms with Crippen LogP contribution in [-0.2, 0) is 22.3 Å². The van der Waals surface area contributed by atoms with Crippen LogP contribution in [0.4, 0.5) is 0 Å². The zero-order valence-corrected chi connectivity index (χ0v) is 17.4. The third-order valence-electron chi connectivity index (χ3n) is 6.05. The third-order valence-corrected chi connectivity index (χ3v) is 6.05. The fourth-order valence-corrected chi connectivity index (χ4v) is 4.43. The van der Waals surface area contributed by atoms with E-state index in [1.54, 1.807) is 0 Å². The van der Waals surface area contributed by atoms with Crippen LogP contribution in [0.1, 0.15) is 53.7 Å². The molecule has 0 unspecified atom stereocenters. The van der Waals surface area contributed by atoms with Crippen LogP contribution in [0.3, 0.4) is 0 Å². The summed E-state index contributed by atoms with van der Waals surface area (Å²) in [6.45, 7) is 5.61. The zero-order chi connectivity index (χ0) is 19.7. The number of hydrogen-bond acceptors (Lipinski definition) is 4. The first-order valence-electron chi connectivity index (χ1n) is 11.2. The molecule has 0 bridgehead atoms. The van der Waals surface area contributed by atoms with Crippen molar-refractivity contribution < 1.29 is 9.47 Å². The van der Waals surface area contributed by atoms with Gasteiger partial charge in [0.05, 0.1) is 25.4 Å². The standard InChI is InChI=1S/C25H34N2O2/c1(6-14-26-18-24-22-10-4-2-8-20(22)12-16-28-24)7-15-27-19-25-23-11-5-3-9-21(23)13-17-29-25/h2-5,8-11,24-27H,1,6-7,12-19H2/t24-,25-/m0/s1. The lowest BCUT2D eigenvalue weighted by molar-refractivity contribution is 0.0424. The van der Waals surface area contributed by atoms with Crippen LogP contribution in [0.25, 0.3) is 0 Å². The van der Waals surface area contributed by atoms with Crippen molar-refractivity contribution in [1.82, 2.24) is 10.6 Å². The van der Waals surface area contributed by atoms with Gasteiger partial charge in [-0.25, -0.2) is 0 Å². The van der Waals surface area contributed by atoms with Crippen molar-refractivity contribution in [2.75, 3.05) is 39.4 Å². The molecule has 29 heavy (non-hydrogen) atoms. The molecule has 156 valence electrons. The second-order valence-electron chi connectivity index (χ2n) is 8.09. The van der Waals surface area contributed by atoms with Gasteiger partial charge in [-0.2, -0.15) is 0 Å². The Morgan fingerprint density at radius 2 is 1.14 bits per heavy atom. The molecule has 2 aliphatic heterocycles. The molecule has 2 aromatic rings. The Balaban J connectivity index is 1.06. The first-order valence-corrected chi connectivity index (χ1v) is 11.2. The molecular weight excluding hydrogens is 360 g/mol. The molecular formula is C25H34N2O2. The highest BCUT2D eigenvalue weighted by atomic mass is 16.5. The minimum Gasteiger partial charge on any atom is -0.372 e. The second kappa shape index (κ2) is 10.9. The molecule has 4 heteroatoms. The van der Waals surface area contributed by atoms with Crippen molar-refractivity contribution in [2.45, 2.75) is 44.3 Å². The summed E-state index contributed by atoms with van der Waals surface area (Å²) < 4.78 is 11.9. The van der Waals surface area contributed by atoms with Crippen LogP contribution in [0.2, 0.25) is 0 Å². The van der Waals surface area contributed by atoms with Crippen LogP contribution < -0.4 is 10.6 Å². The van der Waals surface area contributed by atoms with E-state index in [4.69, 9.17) is 9.47 Å². The molecule has 4 nitrogen and oxygen atoms in total. The van der Waals surface area contributed by atoms with E-state index >= 15 is 0 Å². The highest BCUT2D eigenvalue weighted by Gasteiger charge is 2.20. The molecule has 0 aromatic heterocycles. The van der Waals surface area contributed by atoms with E-state index in [0.717, 1.165) is 52.2 Å². The van der Waals surface area contributed by atoms with Gasteiger partial charge in [0.2, 0.25) is 0 Å². The average Bonchev–Trinajstić information content (AvgIpc) is 2.78. The fraction of sp³-hybridized carbons (Fsp3) is 0.520. The van der Waals surface area contributed by atoms with Crippen molar-refractivity contribution in [2.24, 2.45) is 0 Å². The maximum atomic E-state index is 5.96. The molecule has 0 saturated heterocycles. The lowest BCUT2D eigenvalue weighted by atomic mass is 9.97. The number of benzene rings is 2. The third kappa shape index (κ3) is 5.67. The number of rotatable bonds is 10. The largest absolute Gasteiger partial charge is 0.372 e. The Kier molecular flexibility index (Phi) is 7.71. The highest BCUT2D eigenvalue weighted by Crippen LogP contribution is 2.27. The van der Waals surface area contributed by atoms with Crippen LogP contribution in [0.5, 0.6) is 0 Å². The van der Waals surface area contributed by atoms with Crippen LogP contribution >= 0.6 is 0 Å². The lowest BCUT2D eigenvalue weighted by Crippen LogP contribution is -2.29. The van der Waals surface area contributed by atoms with Gasteiger partial charge in [-0.3, -0.25) is 0 Å². The molecule has 0 amide bonds. The maximum absolute atomic E-state index is 5.96. The summed E-state index contributed by atoms with van der Waals surface area (Å²) in [7, 11) is 0. The lowest BCUT2D eigenvalue weighted by Gasteiger charge is -2.26. The molecule has 2 N–H and O–H groups in total. The number of unbranched alkanes of at least 4 members (excludes halogenated alkanes) is 2. The SMILES string of the molecule is c1ccc2c(c1)CCO[C@H]2CNCCCCCNC[C@@H]1OCCc2ccccc21. The summed E-state index contributed by atoms with van der Waals surface area (Å²) in [6.07, 6.45) is 6.15. The summed E-state index contributed by atoms with van der Waals surface area (Å²) in [5, 5.41) is 7.17. The van der Waals surface area contributed by atoms with Gasteiger partial charge in [-0.05, 0) is 61.0 Å². The molecule has 2 aromatic carbocycles. The van der Waals surface area contributed by atoms with Crippen LogP contribution in [0, 0.1) is 0 Å². The Hall–Kier alpha value is -1.72. The van der Waals surface area contributed by atoms with E-state index in [1.165, 1.54) is 41.5 Å². The number of ether oxygens (including phenoxy) is 2. The van der Waals surface area contributed by atoms with Crippen LogP contribution in [0.15, 0.2) is 48.5 Å². The van der Waals surface area contributed by atoms with Gasteiger partial charge in [0.1, 0.15) is 0 Å². The summed E-state index contributed by atoms with van der Waals surface area (Å²) in [4.78, 5) is 0. The van der Waals surface area contributed by atoms with E-state index in [2.05, 4.69) is 59.2 Å². The van der Waals surface area contributed by atoms with E-state index in [0.29, 0.717) is 0 Å². The molecule has 0 fully saturated rings. The second-order valence-corrected chi connectivity index (χ2v) is 8.09. The highest BCUT2D eigenvalue weighted by molar-refractivity contribution is 5.32. The number of hydrogen-bond donors (Lipinski definition) is 2. The topological polar surface area (TPSA) is 42.5 Å². The molecule has 0 saturated carbocycles. The van der Waals surface area contributed by atoms with E-state index in [1.807, 2.05) is 0 Å². The molecule has 0 aliphatic carbocycles. The summed E-state index contributed by atoms with van der Waals surface area (Å²) in [6, 6.07) is 17.4. The van der Waals surface area contributed by atoms with E-state index < -0.39 is 0 Å². The average molecular weight is 395 g/mol. The van der Waals surface area contributed by atoms with Crippen molar-refractivity contribution in [3.05, 3.63) is 70.8 Å². The maximum Gasteiger partial charge on any atom is 0.0952 e. The number of nitrogens with one attached hydrogen (secondary N) is 2. The molecule has 0 spiro atoms. The predicted molar refractivity (Wildman–Crippen MR) is 117 cm³/mol. The monoisotopic (exact) mass is 394 g/mol. The van der Waals surface area contributed by atoms with Gasteiger partial charge in [0, 0.05) is 13.1 Å². The van der Waals surface area contributed by atoms with E-state index in [9.17, 15) is 0 Å². The Morgan fingerprint density at radius 1 is 0.655 bits per heavy atom. The van der Waals surface area contributed by atoms with E-state index in [-0.39, 0.29) is 12.2 Å². The molecule has 2 aliphatic rings. The predicted octanol–water partition coefficient (Wildman–Crippen LogP) is 3.96. The van der Waals surface area contributed by atoms with Gasteiger partial charge in [0.25, 0.3) is 0 Å². The van der Waals surface area contributed by atoms with Gasteiger partial charge in [0.15, 0.2) is 0 Å². The molecule has 2 heterocycles. The Morgan fingerprint density at radius 3 is 1.66 bits per heavy atom. The summed E-state index contributed by atoms with van der Waals surface area (Å²) in [5.74, 6) is 0. The first kappa shape index (κ1) is 20.5. The summed E-state index contributed by atoms with van der Waals surface area (Å²) in [5.41, 5.74) is 5.62. The van der Waals surface area contributed by atoms with Crippen molar-refractivity contribution in [3.8, 4) is 0 Å². The molecule has 0 radical (unpaired) electrons.